The molecule has 2 heterocycles. The SMILES string of the molecule is O=C1Cc2ccccc2C(=O)N1Cc1ccco1. The molecule has 4 heteroatoms. The topological polar surface area (TPSA) is 50.5 Å². The van der Waals surface area contributed by atoms with E-state index in [1.807, 2.05) is 12.1 Å². The van der Waals surface area contributed by atoms with Gasteiger partial charge in [-0.1, -0.05) is 18.2 Å². The second kappa shape index (κ2) is 4.14. The van der Waals surface area contributed by atoms with E-state index in [4.69, 9.17) is 4.42 Å². The fourth-order valence-electron chi connectivity index (χ4n) is 2.12. The van der Waals surface area contributed by atoms with Crippen LogP contribution >= 0.6 is 0 Å². The van der Waals surface area contributed by atoms with Gasteiger partial charge in [0.05, 0.1) is 19.2 Å². The minimum atomic E-state index is -0.252. The van der Waals surface area contributed by atoms with Crippen LogP contribution in [0.25, 0.3) is 0 Å². The molecule has 0 unspecified atom stereocenters. The van der Waals surface area contributed by atoms with Gasteiger partial charge in [0.2, 0.25) is 5.91 Å². The number of benzene rings is 1. The molecule has 1 aliphatic heterocycles. The molecule has 0 fully saturated rings. The minimum Gasteiger partial charge on any atom is -0.467 e. The minimum absolute atomic E-state index is 0.185. The summed E-state index contributed by atoms with van der Waals surface area (Å²) >= 11 is 0. The predicted octanol–water partition coefficient (Wildman–Crippen LogP) is 2.00. The van der Waals surface area contributed by atoms with Crippen LogP contribution in [0.3, 0.4) is 0 Å². The first-order valence-corrected chi connectivity index (χ1v) is 5.70. The highest BCUT2D eigenvalue weighted by Crippen LogP contribution is 2.21. The van der Waals surface area contributed by atoms with Crippen molar-refractivity contribution in [2.75, 3.05) is 0 Å². The second-order valence-corrected chi connectivity index (χ2v) is 4.20. The van der Waals surface area contributed by atoms with E-state index in [1.54, 1.807) is 24.3 Å². The molecule has 0 spiro atoms. The molecule has 2 aromatic rings. The van der Waals surface area contributed by atoms with Crippen molar-refractivity contribution in [1.29, 1.82) is 0 Å². The molecule has 1 aromatic carbocycles. The van der Waals surface area contributed by atoms with Crippen LogP contribution in [0, 0.1) is 0 Å². The molecule has 1 aromatic heterocycles. The lowest BCUT2D eigenvalue weighted by Crippen LogP contribution is -2.41. The van der Waals surface area contributed by atoms with E-state index >= 15 is 0 Å². The summed E-state index contributed by atoms with van der Waals surface area (Å²) < 4.78 is 5.17. The number of furan rings is 1. The van der Waals surface area contributed by atoms with Crippen LogP contribution in [0.2, 0.25) is 0 Å². The maximum Gasteiger partial charge on any atom is 0.261 e. The maximum atomic E-state index is 12.2. The summed E-state index contributed by atoms with van der Waals surface area (Å²) in [7, 11) is 0. The molecule has 0 saturated carbocycles. The van der Waals surface area contributed by atoms with Crippen molar-refractivity contribution in [3.05, 3.63) is 59.5 Å². The van der Waals surface area contributed by atoms with Crippen molar-refractivity contribution in [2.24, 2.45) is 0 Å². The number of imide groups is 1. The number of amides is 2. The van der Waals surface area contributed by atoms with Gasteiger partial charge in [0, 0.05) is 5.56 Å². The average Bonchev–Trinajstić information content (AvgIpc) is 2.87. The molecule has 0 aliphatic carbocycles. The van der Waals surface area contributed by atoms with Gasteiger partial charge in [0.1, 0.15) is 5.76 Å². The van der Waals surface area contributed by atoms with Crippen LogP contribution in [0.4, 0.5) is 0 Å². The third-order valence-corrected chi connectivity index (χ3v) is 3.03. The van der Waals surface area contributed by atoms with Gasteiger partial charge in [-0.2, -0.15) is 0 Å². The van der Waals surface area contributed by atoms with E-state index in [0.29, 0.717) is 11.3 Å². The summed E-state index contributed by atoms with van der Waals surface area (Å²) in [5, 5.41) is 0. The molecular weight excluding hydrogens is 230 g/mol. The van der Waals surface area contributed by atoms with Crippen LogP contribution in [-0.4, -0.2) is 16.7 Å². The van der Waals surface area contributed by atoms with Crippen molar-refractivity contribution in [2.45, 2.75) is 13.0 Å². The number of fused-ring (bicyclic) bond motifs is 1. The van der Waals surface area contributed by atoms with Crippen molar-refractivity contribution < 1.29 is 14.0 Å². The molecule has 18 heavy (non-hydrogen) atoms. The Hall–Kier alpha value is -2.36. The molecule has 90 valence electrons. The number of carbonyl (C=O) groups is 2. The summed E-state index contributed by atoms with van der Waals surface area (Å²) in [6.07, 6.45) is 1.80. The molecule has 0 bridgehead atoms. The third kappa shape index (κ3) is 1.72. The Morgan fingerprint density at radius 2 is 1.94 bits per heavy atom. The second-order valence-electron chi connectivity index (χ2n) is 4.20. The van der Waals surface area contributed by atoms with Gasteiger partial charge in [0.25, 0.3) is 5.91 Å². The van der Waals surface area contributed by atoms with Crippen molar-refractivity contribution in [3.63, 3.8) is 0 Å². The van der Waals surface area contributed by atoms with E-state index in [-0.39, 0.29) is 24.8 Å². The van der Waals surface area contributed by atoms with Gasteiger partial charge in [-0.15, -0.1) is 0 Å². The Balaban J connectivity index is 1.93. The molecule has 0 saturated heterocycles. The van der Waals surface area contributed by atoms with Gasteiger partial charge < -0.3 is 4.42 Å². The quantitative estimate of drug-likeness (QED) is 0.756. The molecule has 4 nitrogen and oxygen atoms in total. The molecule has 0 radical (unpaired) electrons. The van der Waals surface area contributed by atoms with Crippen molar-refractivity contribution in [1.82, 2.24) is 4.90 Å². The zero-order valence-corrected chi connectivity index (χ0v) is 9.63. The lowest BCUT2D eigenvalue weighted by molar-refractivity contribution is -0.129. The van der Waals surface area contributed by atoms with Crippen molar-refractivity contribution in [3.8, 4) is 0 Å². The van der Waals surface area contributed by atoms with Gasteiger partial charge in [-0.25, -0.2) is 0 Å². The lowest BCUT2D eigenvalue weighted by atomic mass is 9.98. The number of hydrogen-bond acceptors (Lipinski definition) is 3. The maximum absolute atomic E-state index is 12.2. The highest BCUT2D eigenvalue weighted by atomic mass is 16.3. The molecular formula is C14H11NO3. The molecule has 3 rings (SSSR count). The van der Waals surface area contributed by atoms with E-state index < -0.39 is 0 Å². The van der Waals surface area contributed by atoms with E-state index in [1.165, 1.54) is 11.2 Å². The lowest BCUT2D eigenvalue weighted by Gasteiger charge is -2.25. The smallest absolute Gasteiger partial charge is 0.261 e. The van der Waals surface area contributed by atoms with Crippen molar-refractivity contribution >= 4 is 11.8 Å². The Labute approximate surface area is 104 Å². The standard InChI is InChI=1S/C14H11NO3/c16-13-8-10-4-1-2-6-12(10)14(17)15(13)9-11-5-3-7-18-11/h1-7H,8-9H2. The first-order valence-electron chi connectivity index (χ1n) is 5.70. The van der Waals surface area contributed by atoms with E-state index in [9.17, 15) is 9.59 Å². The highest BCUT2D eigenvalue weighted by molar-refractivity contribution is 6.09. The molecule has 0 atom stereocenters. The predicted molar refractivity (Wildman–Crippen MR) is 63.7 cm³/mol. The summed E-state index contributed by atoms with van der Waals surface area (Å²) in [5.74, 6) is 0.171. The van der Waals surface area contributed by atoms with Gasteiger partial charge in [0.15, 0.2) is 0 Å². The molecule has 1 aliphatic rings. The molecule has 2 amide bonds. The zero-order valence-electron chi connectivity index (χ0n) is 9.63. The fourth-order valence-corrected chi connectivity index (χ4v) is 2.12. The summed E-state index contributed by atoms with van der Waals surface area (Å²) in [6, 6.07) is 10.7. The van der Waals surface area contributed by atoms with Gasteiger partial charge in [-0.05, 0) is 23.8 Å². The van der Waals surface area contributed by atoms with Crippen LogP contribution in [0.1, 0.15) is 21.7 Å². The number of nitrogens with zero attached hydrogens (tertiary/aromatic N) is 1. The first kappa shape index (κ1) is 10.8. The Morgan fingerprint density at radius 1 is 1.11 bits per heavy atom. The van der Waals surface area contributed by atoms with Crippen LogP contribution in [-0.2, 0) is 17.8 Å². The van der Waals surface area contributed by atoms with E-state index in [2.05, 4.69) is 0 Å². The average molecular weight is 241 g/mol. The number of carbonyl (C=O) groups excluding carboxylic acids is 2. The normalized spacial score (nSPS) is 14.8. The first-order chi connectivity index (χ1) is 8.75. The fraction of sp³-hybridized carbons (Fsp3) is 0.143. The van der Waals surface area contributed by atoms with Crippen LogP contribution in [0.5, 0.6) is 0 Å². The Bertz CT molecular complexity index is 601. The number of hydrogen-bond donors (Lipinski definition) is 0. The number of rotatable bonds is 2. The Morgan fingerprint density at radius 3 is 2.72 bits per heavy atom. The Kier molecular flexibility index (Phi) is 2.48. The summed E-state index contributed by atoms with van der Waals surface area (Å²) in [6.45, 7) is 0.193. The zero-order chi connectivity index (χ0) is 12.5. The van der Waals surface area contributed by atoms with E-state index in [0.717, 1.165) is 5.56 Å². The summed E-state index contributed by atoms with van der Waals surface area (Å²) in [5.41, 5.74) is 1.40. The monoisotopic (exact) mass is 241 g/mol. The van der Waals surface area contributed by atoms with Gasteiger partial charge in [-0.3, -0.25) is 14.5 Å². The van der Waals surface area contributed by atoms with Crippen LogP contribution in [0.15, 0.2) is 47.1 Å². The van der Waals surface area contributed by atoms with Crippen LogP contribution < -0.4 is 0 Å². The summed E-state index contributed by atoms with van der Waals surface area (Å²) in [4.78, 5) is 25.4. The third-order valence-electron chi connectivity index (χ3n) is 3.03. The highest BCUT2D eigenvalue weighted by Gasteiger charge is 2.30. The molecule has 0 N–H and O–H groups in total. The largest absolute Gasteiger partial charge is 0.467 e. The van der Waals surface area contributed by atoms with Gasteiger partial charge >= 0.3 is 0 Å².